The van der Waals surface area contributed by atoms with Gasteiger partial charge in [-0.05, 0) is 36.4 Å². The minimum Gasteiger partial charge on any atom is -0.508 e. The van der Waals surface area contributed by atoms with Crippen molar-refractivity contribution in [1.29, 1.82) is 0 Å². The van der Waals surface area contributed by atoms with E-state index in [2.05, 4.69) is 0 Å². The van der Waals surface area contributed by atoms with E-state index in [0.717, 1.165) is 28.1 Å². The summed E-state index contributed by atoms with van der Waals surface area (Å²) in [6.07, 6.45) is 0. The molecule has 3 nitrogen and oxygen atoms in total. The molecule has 0 aliphatic carbocycles. The molecule has 1 N–H and O–H groups in total. The molecule has 4 rings (SSSR count). The van der Waals surface area contributed by atoms with Gasteiger partial charge in [0.25, 0.3) is 0 Å². The third-order valence-electron chi connectivity index (χ3n) is 3.74. The molecule has 0 aliphatic heterocycles. The van der Waals surface area contributed by atoms with E-state index in [0.29, 0.717) is 5.02 Å². The Morgan fingerprint density at radius 3 is 2.48 bits per heavy atom. The van der Waals surface area contributed by atoms with Crippen molar-refractivity contribution >= 4 is 22.6 Å². The van der Waals surface area contributed by atoms with Gasteiger partial charge in [0.05, 0.1) is 11.0 Å². The molecule has 0 bridgehead atoms. The van der Waals surface area contributed by atoms with Crippen LogP contribution in [-0.4, -0.2) is 14.7 Å². The fourth-order valence-electron chi connectivity index (χ4n) is 2.72. The van der Waals surface area contributed by atoms with Crippen molar-refractivity contribution < 1.29 is 5.11 Å². The summed E-state index contributed by atoms with van der Waals surface area (Å²) >= 11 is 6.14. The van der Waals surface area contributed by atoms with Crippen molar-refractivity contribution in [2.45, 2.75) is 0 Å². The molecule has 0 spiro atoms. The van der Waals surface area contributed by atoms with E-state index in [1.807, 2.05) is 65.2 Å². The fourth-order valence-corrected chi connectivity index (χ4v) is 2.91. The van der Waals surface area contributed by atoms with Crippen molar-refractivity contribution in [3.05, 3.63) is 77.8 Å². The first kappa shape index (κ1) is 13.9. The number of hydrogen-bond donors (Lipinski definition) is 1. The van der Waals surface area contributed by atoms with E-state index in [1.165, 1.54) is 0 Å². The van der Waals surface area contributed by atoms with Crippen molar-refractivity contribution in [2.75, 3.05) is 0 Å². The van der Waals surface area contributed by atoms with Crippen molar-refractivity contribution in [1.82, 2.24) is 9.55 Å². The molecule has 4 aromatic rings. The van der Waals surface area contributed by atoms with E-state index >= 15 is 0 Å². The summed E-state index contributed by atoms with van der Waals surface area (Å²) in [4.78, 5) is 4.73. The number of halogens is 1. The van der Waals surface area contributed by atoms with Crippen LogP contribution in [0.15, 0.2) is 72.8 Å². The Balaban J connectivity index is 2.08. The number of imidazole rings is 1. The maximum atomic E-state index is 9.86. The quantitative estimate of drug-likeness (QED) is 0.561. The lowest BCUT2D eigenvalue weighted by atomic mass is 10.2. The van der Waals surface area contributed by atoms with Crippen LogP contribution in [0.3, 0.4) is 0 Å². The lowest BCUT2D eigenvalue weighted by Crippen LogP contribution is -1.97. The number of hydrogen-bond acceptors (Lipinski definition) is 2. The highest BCUT2D eigenvalue weighted by atomic mass is 35.5. The number of nitrogens with zero attached hydrogens (tertiary/aromatic N) is 2. The van der Waals surface area contributed by atoms with Crippen LogP contribution in [0.2, 0.25) is 5.02 Å². The monoisotopic (exact) mass is 320 g/mol. The molecule has 3 aromatic carbocycles. The summed E-state index contributed by atoms with van der Waals surface area (Å²) in [5.74, 6) is 1.01. The average molecular weight is 321 g/mol. The van der Waals surface area contributed by atoms with Crippen molar-refractivity contribution in [3.8, 4) is 22.8 Å². The Bertz CT molecular complexity index is 993. The third kappa shape index (κ3) is 2.45. The van der Waals surface area contributed by atoms with Gasteiger partial charge in [0.1, 0.15) is 11.6 Å². The van der Waals surface area contributed by atoms with Crippen LogP contribution in [0.25, 0.3) is 28.1 Å². The maximum Gasteiger partial charge on any atom is 0.145 e. The van der Waals surface area contributed by atoms with E-state index in [-0.39, 0.29) is 5.75 Å². The van der Waals surface area contributed by atoms with Gasteiger partial charge in [-0.1, -0.05) is 41.9 Å². The summed E-state index contributed by atoms with van der Waals surface area (Å²) in [6.45, 7) is 0. The molecule has 4 heteroatoms. The zero-order valence-electron chi connectivity index (χ0n) is 12.1. The minimum absolute atomic E-state index is 0.215. The van der Waals surface area contributed by atoms with Crippen LogP contribution in [-0.2, 0) is 0 Å². The second kappa shape index (κ2) is 5.45. The number of fused-ring (bicyclic) bond motifs is 1. The summed E-state index contributed by atoms with van der Waals surface area (Å²) in [5, 5.41) is 10.5. The molecular formula is C19H13ClN2O. The molecule has 0 atom stereocenters. The second-order valence-corrected chi connectivity index (χ2v) is 5.73. The number of para-hydroxylation sites is 1. The predicted molar refractivity (Wildman–Crippen MR) is 93.2 cm³/mol. The van der Waals surface area contributed by atoms with Gasteiger partial charge >= 0.3 is 0 Å². The molecule has 0 unspecified atom stereocenters. The molecular weight excluding hydrogens is 308 g/mol. The highest BCUT2D eigenvalue weighted by molar-refractivity contribution is 6.30. The van der Waals surface area contributed by atoms with Crippen LogP contribution in [0.4, 0.5) is 0 Å². The van der Waals surface area contributed by atoms with Crippen molar-refractivity contribution in [3.63, 3.8) is 0 Å². The first-order chi connectivity index (χ1) is 11.2. The molecule has 1 heterocycles. The normalized spacial score (nSPS) is 11.0. The summed E-state index contributed by atoms with van der Waals surface area (Å²) in [5.41, 5.74) is 3.58. The van der Waals surface area contributed by atoms with E-state index in [9.17, 15) is 5.11 Å². The van der Waals surface area contributed by atoms with Gasteiger partial charge in [-0.15, -0.1) is 0 Å². The van der Waals surface area contributed by atoms with Gasteiger partial charge in [0.15, 0.2) is 0 Å². The molecule has 0 aliphatic rings. The topological polar surface area (TPSA) is 38.1 Å². The predicted octanol–water partition coefficient (Wildman–Crippen LogP) is 5.05. The number of benzene rings is 3. The molecule has 23 heavy (non-hydrogen) atoms. The Labute approximate surface area is 138 Å². The van der Waals surface area contributed by atoms with E-state index < -0.39 is 0 Å². The lowest BCUT2D eigenvalue weighted by Gasteiger charge is -2.09. The minimum atomic E-state index is 0.215. The van der Waals surface area contributed by atoms with Crippen LogP contribution >= 0.6 is 11.6 Å². The van der Waals surface area contributed by atoms with Crippen LogP contribution in [0, 0.1) is 0 Å². The molecule has 0 saturated carbocycles. The van der Waals surface area contributed by atoms with Crippen LogP contribution in [0.5, 0.6) is 5.75 Å². The van der Waals surface area contributed by atoms with Gasteiger partial charge in [0, 0.05) is 22.3 Å². The molecule has 1 aromatic heterocycles. The Morgan fingerprint density at radius 2 is 1.70 bits per heavy atom. The standard InChI is InChI=1S/C19H13ClN2O/c20-14-6-4-5-13(11-14)19-21-17-10-9-16(23)12-18(17)22(19)15-7-2-1-3-8-15/h1-12,23H. The molecule has 112 valence electrons. The number of phenolic OH excluding ortho intramolecular Hbond substituents is 1. The first-order valence-corrected chi connectivity index (χ1v) is 7.63. The van der Waals surface area contributed by atoms with Gasteiger partial charge in [0.2, 0.25) is 0 Å². The zero-order chi connectivity index (χ0) is 15.8. The SMILES string of the molecule is Oc1ccc2nc(-c3cccc(Cl)c3)n(-c3ccccc3)c2c1. The fraction of sp³-hybridized carbons (Fsp3) is 0. The Hall–Kier alpha value is -2.78. The maximum absolute atomic E-state index is 9.86. The van der Waals surface area contributed by atoms with Gasteiger partial charge < -0.3 is 5.11 Å². The summed E-state index contributed by atoms with van der Waals surface area (Å²) in [6, 6.07) is 22.8. The largest absolute Gasteiger partial charge is 0.508 e. The summed E-state index contributed by atoms with van der Waals surface area (Å²) in [7, 11) is 0. The van der Waals surface area contributed by atoms with Gasteiger partial charge in [-0.2, -0.15) is 0 Å². The highest BCUT2D eigenvalue weighted by Crippen LogP contribution is 2.31. The van der Waals surface area contributed by atoms with Crippen LogP contribution in [0.1, 0.15) is 0 Å². The third-order valence-corrected chi connectivity index (χ3v) is 3.97. The van der Waals surface area contributed by atoms with E-state index in [1.54, 1.807) is 12.1 Å². The Morgan fingerprint density at radius 1 is 0.870 bits per heavy atom. The highest BCUT2D eigenvalue weighted by Gasteiger charge is 2.14. The van der Waals surface area contributed by atoms with Crippen molar-refractivity contribution in [2.24, 2.45) is 0 Å². The molecule has 0 saturated heterocycles. The summed E-state index contributed by atoms with van der Waals surface area (Å²) < 4.78 is 2.03. The molecule has 0 amide bonds. The second-order valence-electron chi connectivity index (χ2n) is 5.29. The molecule has 0 fully saturated rings. The number of aromatic hydroxyl groups is 1. The van der Waals surface area contributed by atoms with Gasteiger partial charge in [-0.25, -0.2) is 4.98 Å². The van der Waals surface area contributed by atoms with E-state index in [4.69, 9.17) is 16.6 Å². The number of rotatable bonds is 2. The first-order valence-electron chi connectivity index (χ1n) is 7.25. The smallest absolute Gasteiger partial charge is 0.145 e. The number of aromatic nitrogens is 2. The van der Waals surface area contributed by atoms with Crippen LogP contribution < -0.4 is 0 Å². The zero-order valence-corrected chi connectivity index (χ0v) is 12.9. The Kier molecular flexibility index (Phi) is 3.28. The lowest BCUT2D eigenvalue weighted by molar-refractivity contribution is 0.476. The number of phenols is 1. The average Bonchev–Trinajstić information content (AvgIpc) is 2.94. The van der Waals surface area contributed by atoms with Gasteiger partial charge in [-0.3, -0.25) is 4.57 Å². The molecule has 0 radical (unpaired) electrons.